The molecular weight excluding hydrogens is 363 g/mol. The van der Waals surface area contributed by atoms with Gasteiger partial charge in [0.1, 0.15) is 11.6 Å². The van der Waals surface area contributed by atoms with E-state index in [-0.39, 0.29) is 10.6 Å². The van der Waals surface area contributed by atoms with E-state index in [4.69, 9.17) is 16.7 Å². The zero-order valence-corrected chi connectivity index (χ0v) is 13.3. The van der Waals surface area contributed by atoms with Gasteiger partial charge < -0.3 is 10.4 Å². The van der Waals surface area contributed by atoms with Crippen LogP contribution < -0.4 is 5.32 Å². The summed E-state index contributed by atoms with van der Waals surface area (Å²) >= 11 is 9.19. The van der Waals surface area contributed by atoms with Crippen molar-refractivity contribution in [1.29, 1.82) is 0 Å². The molecule has 4 nitrogen and oxygen atoms in total. The number of hydrogen-bond donors (Lipinski definition) is 2. The fraction of sp³-hybridized carbons (Fsp3) is 0.143. The number of benzene rings is 1. The number of anilines is 2. The number of aryl methyl sites for hydroxylation is 1. The predicted molar refractivity (Wildman–Crippen MR) is 83.0 cm³/mol. The van der Waals surface area contributed by atoms with E-state index in [0.29, 0.717) is 28.1 Å². The van der Waals surface area contributed by atoms with E-state index in [0.717, 1.165) is 6.07 Å². The molecule has 2 rings (SSSR count). The molecule has 0 unspecified atom stereocenters. The third kappa shape index (κ3) is 3.71. The molecular formula is C14H11BrClFN2O2. The van der Waals surface area contributed by atoms with Crippen molar-refractivity contribution < 1.29 is 14.3 Å². The van der Waals surface area contributed by atoms with Crippen LogP contribution in [0.2, 0.25) is 5.02 Å². The molecule has 0 aliphatic carbocycles. The highest BCUT2D eigenvalue weighted by atomic mass is 79.9. The molecule has 0 radical (unpaired) electrons. The Labute approximate surface area is 134 Å². The molecule has 0 aliphatic heterocycles. The average molecular weight is 374 g/mol. The van der Waals surface area contributed by atoms with Gasteiger partial charge in [-0.3, -0.25) is 0 Å². The Hall–Kier alpha value is -1.66. The molecule has 1 aromatic heterocycles. The molecule has 2 N–H and O–H groups in total. The first-order valence-corrected chi connectivity index (χ1v) is 7.23. The Kier molecular flexibility index (Phi) is 4.80. The fourth-order valence-electron chi connectivity index (χ4n) is 1.75. The number of nitrogens with zero attached hydrogens (tertiary/aromatic N) is 1. The number of aromatic carboxylic acids is 1. The second-order valence-corrected chi connectivity index (χ2v) is 5.52. The Bertz CT molecular complexity index is 686. The molecule has 21 heavy (non-hydrogen) atoms. The summed E-state index contributed by atoms with van der Waals surface area (Å²) in [6.07, 6.45) is 0.591. The lowest BCUT2D eigenvalue weighted by Crippen LogP contribution is -2.04. The minimum absolute atomic E-state index is 0.124. The number of carboxylic acids is 1. The van der Waals surface area contributed by atoms with Crippen molar-refractivity contribution in [1.82, 2.24) is 4.98 Å². The van der Waals surface area contributed by atoms with Gasteiger partial charge in [0.2, 0.25) is 0 Å². The summed E-state index contributed by atoms with van der Waals surface area (Å²) in [5.41, 5.74) is 1.18. The van der Waals surface area contributed by atoms with Crippen LogP contribution in [0.25, 0.3) is 0 Å². The molecule has 0 bridgehead atoms. The number of aromatic nitrogens is 1. The number of pyridine rings is 1. The fourth-order valence-corrected chi connectivity index (χ4v) is 2.64. The Morgan fingerprint density at radius 2 is 2.14 bits per heavy atom. The lowest BCUT2D eigenvalue weighted by Gasteiger charge is -2.12. The van der Waals surface area contributed by atoms with Gasteiger partial charge in [-0.1, -0.05) is 18.5 Å². The van der Waals surface area contributed by atoms with Crippen LogP contribution in [0.4, 0.5) is 15.9 Å². The second-order valence-electron chi connectivity index (χ2n) is 4.26. The lowest BCUT2D eigenvalue weighted by atomic mass is 10.2. The molecule has 0 atom stereocenters. The minimum atomic E-state index is -1.04. The standard InChI is InChI=1S/C14H11BrClFN2O2/c1-2-9-3-7(14(20)21)4-12(18-9)19-13-10(15)5-8(17)6-11(13)16/h3-6H,2H2,1H3,(H,18,19)(H,20,21). The van der Waals surface area contributed by atoms with Gasteiger partial charge in [0.05, 0.1) is 16.3 Å². The maximum absolute atomic E-state index is 13.2. The van der Waals surface area contributed by atoms with Crippen molar-refractivity contribution in [3.05, 3.63) is 50.8 Å². The topological polar surface area (TPSA) is 62.2 Å². The molecule has 1 aromatic carbocycles. The van der Waals surface area contributed by atoms with Crippen molar-refractivity contribution in [3.8, 4) is 0 Å². The van der Waals surface area contributed by atoms with Gasteiger partial charge in [0.15, 0.2) is 0 Å². The van der Waals surface area contributed by atoms with E-state index < -0.39 is 11.8 Å². The van der Waals surface area contributed by atoms with Gasteiger partial charge in [-0.05, 0) is 46.6 Å². The largest absolute Gasteiger partial charge is 0.478 e. The number of rotatable bonds is 4. The van der Waals surface area contributed by atoms with Crippen LogP contribution in [-0.4, -0.2) is 16.1 Å². The maximum atomic E-state index is 13.2. The van der Waals surface area contributed by atoms with Gasteiger partial charge in [0, 0.05) is 10.2 Å². The summed E-state index contributed by atoms with van der Waals surface area (Å²) in [7, 11) is 0. The van der Waals surface area contributed by atoms with E-state index >= 15 is 0 Å². The third-order valence-corrected chi connectivity index (χ3v) is 3.67. The van der Waals surface area contributed by atoms with Gasteiger partial charge in [-0.2, -0.15) is 0 Å². The summed E-state index contributed by atoms with van der Waals surface area (Å²) in [6, 6.07) is 5.33. The number of carboxylic acid groups (broad SMARTS) is 1. The van der Waals surface area contributed by atoms with Crippen molar-refractivity contribution in [2.45, 2.75) is 13.3 Å². The zero-order chi connectivity index (χ0) is 15.6. The highest BCUT2D eigenvalue weighted by Crippen LogP contribution is 2.33. The predicted octanol–water partition coefficient (Wildman–Crippen LogP) is 4.64. The van der Waals surface area contributed by atoms with Crippen LogP contribution in [0.1, 0.15) is 23.0 Å². The average Bonchev–Trinajstić information content (AvgIpc) is 2.42. The van der Waals surface area contributed by atoms with E-state index in [1.807, 2.05) is 6.92 Å². The molecule has 0 aliphatic rings. The Morgan fingerprint density at radius 3 is 2.71 bits per heavy atom. The second kappa shape index (κ2) is 6.41. The molecule has 110 valence electrons. The van der Waals surface area contributed by atoms with Crippen LogP contribution >= 0.6 is 27.5 Å². The number of hydrogen-bond acceptors (Lipinski definition) is 3. The third-order valence-electron chi connectivity index (χ3n) is 2.75. The highest BCUT2D eigenvalue weighted by Gasteiger charge is 2.12. The first kappa shape index (κ1) is 15.7. The first-order valence-electron chi connectivity index (χ1n) is 6.06. The molecule has 1 heterocycles. The minimum Gasteiger partial charge on any atom is -0.478 e. The van der Waals surface area contributed by atoms with E-state index in [1.165, 1.54) is 18.2 Å². The summed E-state index contributed by atoms with van der Waals surface area (Å²) in [4.78, 5) is 15.4. The number of nitrogens with one attached hydrogen (secondary N) is 1. The van der Waals surface area contributed by atoms with Crippen LogP contribution in [0.3, 0.4) is 0 Å². The van der Waals surface area contributed by atoms with Crippen molar-refractivity contribution in [2.24, 2.45) is 0 Å². The smallest absolute Gasteiger partial charge is 0.335 e. The molecule has 0 saturated carbocycles. The summed E-state index contributed by atoms with van der Waals surface area (Å²) in [5, 5.41) is 12.2. The summed E-state index contributed by atoms with van der Waals surface area (Å²) in [5.74, 6) is -1.18. The molecule has 0 fully saturated rings. The van der Waals surface area contributed by atoms with Crippen LogP contribution in [-0.2, 0) is 6.42 Å². The monoisotopic (exact) mass is 372 g/mol. The SMILES string of the molecule is CCc1cc(C(=O)O)cc(Nc2c(Cl)cc(F)cc2Br)n1. The maximum Gasteiger partial charge on any atom is 0.335 e. The van der Waals surface area contributed by atoms with Crippen molar-refractivity contribution >= 4 is 45.0 Å². The van der Waals surface area contributed by atoms with E-state index in [2.05, 4.69) is 26.2 Å². The number of halogens is 3. The van der Waals surface area contributed by atoms with Gasteiger partial charge in [-0.15, -0.1) is 0 Å². The molecule has 0 saturated heterocycles. The van der Waals surface area contributed by atoms with E-state index in [9.17, 15) is 9.18 Å². The normalized spacial score (nSPS) is 10.5. The Morgan fingerprint density at radius 1 is 1.43 bits per heavy atom. The Balaban J connectivity index is 2.44. The van der Waals surface area contributed by atoms with Crippen molar-refractivity contribution in [3.63, 3.8) is 0 Å². The van der Waals surface area contributed by atoms with Gasteiger partial charge in [-0.25, -0.2) is 14.2 Å². The van der Waals surface area contributed by atoms with Gasteiger partial charge >= 0.3 is 5.97 Å². The van der Waals surface area contributed by atoms with Crippen LogP contribution in [0.15, 0.2) is 28.7 Å². The number of carbonyl (C=O) groups is 1. The highest BCUT2D eigenvalue weighted by molar-refractivity contribution is 9.10. The van der Waals surface area contributed by atoms with Crippen LogP contribution in [0.5, 0.6) is 0 Å². The molecule has 0 amide bonds. The van der Waals surface area contributed by atoms with Crippen molar-refractivity contribution in [2.75, 3.05) is 5.32 Å². The van der Waals surface area contributed by atoms with Crippen LogP contribution in [0, 0.1) is 5.82 Å². The molecule has 7 heteroatoms. The first-order chi connectivity index (χ1) is 9.90. The lowest BCUT2D eigenvalue weighted by molar-refractivity contribution is 0.0696. The summed E-state index contributed by atoms with van der Waals surface area (Å²) in [6.45, 7) is 1.87. The zero-order valence-electron chi connectivity index (χ0n) is 11.0. The molecule has 2 aromatic rings. The summed E-state index contributed by atoms with van der Waals surface area (Å²) < 4.78 is 13.6. The van der Waals surface area contributed by atoms with Gasteiger partial charge in [0.25, 0.3) is 0 Å². The molecule has 0 spiro atoms. The van der Waals surface area contributed by atoms with E-state index in [1.54, 1.807) is 0 Å². The quantitative estimate of drug-likeness (QED) is 0.819.